The SMILES string of the molecule is C=C[Si]1(CCCCC)CCCCO1. The number of hydrogen-bond acceptors (Lipinski definition) is 1. The Kier molecular flexibility index (Phi) is 4.74. The summed E-state index contributed by atoms with van der Waals surface area (Å²) >= 11 is 0. The van der Waals surface area contributed by atoms with E-state index in [9.17, 15) is 0 Å². The predicted octanol–water partition coefficient (Wildman–Crippen LogP) is 3.66. The molecule has 0 saturated carbocycles. The molecule has 1 atom stereocenters. The molecular weight excluding hydrogens is 176 g/mol. The van der Waals surface area contributed by atoms with Gasteiger partial charge in [-0.25, -0.2) is 0 Å². The standard InChI is InChI=1S/C11H22OSi/c1-3-5-7-10-13(4-2)11-8-6-9-12-13/h4H,2-3,5-11H2,1H3. The zero-order valence-corrected chi connectivity index (χ0v) is 9.85. The zero-order valence-electron chi connectivity index (χ0n) is 8.85. The summed E-state index contributed by atoms with van der Waals surface area (Å²) in [5.41, 5.74) is 2.17. The molecule has 1 saturated heterocycles. The molecule has 13 heavy (non-hydrogen) atoms. The first-order valence-electron chi connectivity index (χ1n) is 5.60. The van der Waals surface area contributed by atoms with Gasteiger partial charge in [0.1, 0.15) is 0 Å². The molecule has 1 nitrogen and oxygen atoms in total. The van der Waals surface area contributed by atoms with Crippen LogP contribution in [0.4, 0.5) is 0 Å². The summed E-state index contributed by atoms with van der Waals surface area (Å²) in [5.74, 6) is 0. The van der Waals surface area contributed by atoms with Crippen LogP contribution >= 0.6 is 0 Å². The van der Waals surface area contributed by atoms with Crippen molar-refractivity contribution in [1.29, 1.82) is 0 Å². The summed E-state index contributed by atoms with van der Waals surface area (Å²) in [4.78, 5) is 0. The van der Waals surface area contributed by atoms with Gasteiger partial charge in [-0.1, -0.05) is 38.3 Å². The average molecular weight is 198 g/mol. The van der Waals surface area contributed by atoms with Crippen molar-refractivity contribution in [2.45, 2.75) is 51.1 Å². The molecule has 0 aromatic heterocycles. The van der Waals surface area contributed by atoms with Crippen molar-refractivity contribution in [3.8, 4) is 0 Å². The second-order valence-electron chi connectivity index (χ2n) is 4.03. The maximum atomic E-state index is 5.98. The first-order chi connectivity index (χ1) is 6.33. The lowest BCUT2D eigenvalue weighted by Crippen LogP contribution is -2.39. The first kappa shape index (κ1) is 11.0. The van der Waals surface area contributed by atoms with E-state index in [0.29, 0.717) is 0 Å². The molecule has 0 radical (unpaired) electrons. The highest BCUT2D eigenvalue weighted by Gasteiger charge is 2.32. The normalized spacial score (nSPS) is 28.7. The number of hydrogen-bond donors (Lipinski definition) is 0. The van der Waals surface area contributed by atoms with Gasteiger partial charge in [0, 0.05) is 6.61 Å². The molecule has 2 heteroatoms. The Morgan fingerprint density at radius 1 is 1.38 bits per heavy atom. The molecular formula is C11H22OSi. The molecule has 0 N–H and O–H groups in total. The fraction of sp³-hybridized carbons (Fsp3) is 0.818. The van der Waals surface area contributed by atoms with Crippen molar-refractivity contribution in [3.05, 3.63) is 12.3 Å². The quantitative estimate of drug-likeness (QED) is 0.484. The number of unbranched alkanes of at least 4 members (excludes halogenated alkanes) is 2. The molecule has 1 unspecified atom stereocenters. The zero-order chi connectivity index (χ0) is 9.57. The molecule has 0 aromatic rings. The molecule has 1 aliphatic heterocycles. The maximum Gasteiger partial charge on any atom is 0.216 e. The van der Waals surface area contributed by atoms with E-state index in [1.807, 2.05) is 0 Å². The lowest BCUT2D eigenvalue weighted by Gasteiger charge is -2.32. The van der Waals surface area contributed by atoms with Crippen molar-refractivity contribution >= 4 is 8.32 Å². The van der Waals surface area contributed by atoms with Gasteiger partial charge in [0.2, 0.25) is 8.32 Å². The van der Waals surface area contributed by atoms with Crippen LogP contribution in [0.15, 0.2) is 12.3 Å². The predicted molar refractivity (Wildman–Crippen MR) is 60.3 cm³/mol. The van der Waals surface area contributed by atoms with E-state index in [-0.39, 0.29) is 0 Å². The van der Waals surface area contributed by atoms with E-state index in [2.05, 4.69) is 19.2 Å². The third kappa shape index (κ3) is 3.28. The lowest BCUT2D eigenvalue weighted by atomic mass is 10.3. The van der Waals surface area contributed by atoms with E-state index < -0.39 is 8.32 Å². The van der Waals surface area contributed by atoms with E-state index in [4.69, 9.17) is 4.43 Å². The Morgan fingerprint density at radius 2 is 2.23 bits per heavy atom. The molecule has 0 amide bonds. The smallest absolute Gasteiger partial charge is 0.216 e. The van der Waals surface area contributed by atoms with E-state index >= 15 is 0 Å². The minimum Gasteiger partial charge on any atom is -0.413 e. The molecule has 1 rings (SSSR count). The highest BCUT2D eigenvalue weighted by atomic mass is 28.4. The fourth-order valence-corrected chi connectivity index (χ4v) is 5.32. The van der Waals surface area contributed by atoms with E-state index in [1.54, 1.807) is 0 Å². The van der Waals surface area contributed by atoms with Crippen LogP contribution < -0.4 is 0 Å². The minimum absolute atomic E-state index is 0.990. The molecule has 76 valence electrons. The summed E-state index contributed by atoms with van der Waals surface area (Å²) < 4.78 is 5.98. The molecule has 1 fully saturated rings. The Hall–Kier alpha value is -0.0831. The van der Waals surface area contributed by atoms with Crippen LogP contribution in [0, 0.1) is 0 Å². The van der Waals surface area contributed by atoms with Crippen molar-refractivity contribution in [3.63, 3.8) is 0 Å². The van der Waals surface area contributed by atoms with Crippen molar-refractivity contribution < 1.29 is 4.43 Å². The number of rotatable bonds is 5. The van der Waals surface area contributed by atoms with Gasteiger partial charge < -0.3 is 4.43 Å². The van der Waals surface area contributed by atoms with Gasteiger partial charge in [-0.15, -0.1) is 6.58 Å². The summed E-state index contributed by atoms with van der Waals surface area (Å²) in [6.07, 6.45) is 6.63. The third-order valence-corrected chi connectivity index (χ3v) is 6.88. The first-order valence-corrected chi connectivity index (χ1v) is 8.00. The summed E-state index contributed by atoms with van der Waals surface area (Å²) in [7, 11) is -1.43. The third-order valence-electron chi connectivity index (χ3n) is 2.96. The molecule has 1 heterocycles. The largest absolute Gasteiger partial charge is 0.413 e. The minimum atomic E-state index is -1.43. The maximum absolute atomic E-state index is 5.98. The molecule has 1 aliphatic rings. The Morgan fingerprint density at radius 3 is 2.77 bits per heavy atom. The van der Waals surface area contributed by atoms with Crippen molar-refractivity contribution in [2.24, 2.45) is 0 Å². The summed E-state index contributed by atoms with van der Waals surface area (Å²) in [5, 5.41) is 0. The van der Waals surface area contributed by atoms with Gasteiger partial charge in [0.05, 0.1) is 0 Å². The topological polar surface area (TPSA) is 9.23 Å². The van der Waals surface area contributed by atoms with Gasteiger partial charge in [0.15, 0.2) is 0 Å². The Balaban J connectivity index is 2.33. The average Bonchev–Trinajstić information content (AvgIpc) is 2.20. The van der Waals surface area contributed by atoms with Crippen molar-refractivity contribution in [2.75, 3.05) is 6.61 Å². The van der Waals surface area contributed by atoms with E-state index in [1.165, 1.54) is 44.2 Å². The summed E-state index contributed by atoms with van der Waals surface area (Å²) in [6, 6.07) is 2.63. The molecule has 0 aromatic carbocycles. The molecule has 0 spiro atoms. The van der Waals surface area contributed by atoms with Gasteiger partial charge in [-0.3, -0.25) is 0 Å². The van der Waals surface area contributed by atoms with Gasteiger partial charge in [0.25, 0.3) is 0 Å². The van der Waals surface area contributed by atoms with Crippen LogP contribution in [0.5, 0.6) is 0 Å². The van der Waals surface area contributed by atoms with Crippen molar-refractivity contribution in [1.82, 2.24) is 0 Å². The Labute approximate surface area is 83.3 Å². The lowest BCUT2D eigenvalue weighted by molar-refractivity contribution is 0.273. The monoisotopic (exact) mass is 198 g/mol. The second-order valence-corrected chi connectivity index (χ2v) is 7.86. The highest BCUT2D eigenvalue weighted by Crippen LogP contribution is 2.28. The van der Waals surface area contributed by atoms with Crippen LogP contribution in [0.2, 0.25) is 12.1 Å². The second kappa shape index (κ2) is 5.61. The van der Waals surface area contributed by atoms with E-state index in [0.717, 1.165) is 6.61 Å². The van der Waals surface area contributed by atoms with Crippen LogP contribution in [0.25, 0.3) is 0 Å². The van der Waals surface area contributed by atoms with Crippen LogP contribution in [0.1, 0.15) is 39.0 Å². The molecule has 0 aliphatic carbocycles. The van der Waals surface area contributed by atoms with Crippen LogP contribution in [0.3, 0.4) is 0 Å². The van der Waals surface area contributed by atoms with Gasteiger partial charge in [-0.2, -0.15) is 0 Å². The van der Waals surface area contributed by atoms with Crippen LogP contribution in [-0.4, -0.2) is 14.9 Å². The highest BCUT2D eigenvalue weighted by molar-refractivity contribution is 6.78. The van der Waals surface area contributed by atoms with Gasteiger partial charge in [-0.05, 0) is 18.5 Å². The summed E-state index contributed by atoms with van der Waals surface area (Å²) in [6.45, 7) is 7.22. The van der Waals surface area contributed by atoms with Crippen LogP contribution in [-0.2, 0) is 4.43 Å². The van der Waals surface area contributed by atoms with Gasteiger partial charge >= 0.3 is 0 Å². The Bertz CT molecular complexity index is 150. The molecule has 0 bridgehead atoms. The fourth-order valence-electron chi connectivity index (χ4n) is 2.01.